The van der Waals surface area contributed by atoms with Gasteiger partial charge in [-0.15, -0.1) is 12.4 Å². The minimum Gasteiger partial charge on any atom is -0.391 e. The third kappa shape index (κ3) is 4.68. The van der Waals surface area contributed by atoms with Gasteiger partial charge in [0.1, 0.15) is 0 Å². The van der Waals surface area contributed by atoms with Gasteiger partial charge in [0.15, 0.2) is 0 Å². The summed E-state index contributed by atoms with van der Waals surface area (Å²) in [6.45, 7) is 1.04. The lowest BCUT2D eigenvalue weighted by Crippen LogP contribution is -2.47. The molecule has 0 radical (unpaired) electrons. The van der Waals surface area contributed by atoms with Crippen LogP contribution >= 0.6 is 47.4 Å². The molecule has 1 unspecified atom stereocenters. The van der Waals surface area contributed by atoms with Crippen molar-refractivity contribution in [2.75, 3.05) is 32.1 Å². The Bertz CT molecular complexity index is 480. The van der Waals surface area contributed by atoms with E-state index in [0.29, 0.717) is 10.0 Å². The minimum absolute atomic E-state index is 0. The summed E-state index contributed by atoms with van der Waals surface area (Å²) < 4.78 is 0. The van der Waals surface area contributed by atoms with Gasteiger partial charge >= 0.3 is 0 Å². The van der Waals surface area contributed by atoms with E-state index in [2.05, 4.69) is 19.0 Å². The summed E-state index contributed by atoms with van der Waals surface area (Å²) in [7, 11) is 4.14. The molecule has 1 N–H and O–H groups in total. The van der Waals surface area contributed by atoms with Crippen molar-refractivity contribution < 1.29 is 5.11 Å². The van der Waals surface area contributed by atoms with Crippen molar-refractivity contribution in [2.45, 2.75) is 30.8 Å². The van der Waals surface area contributed by atoms with E-state index in [1.807, 2.05) is 30.0 Å². The van der Waals surface area contributed by atoms with E-state index < -0.39 is 0 Å². The van der Waals surface area contributed by atoms with Gasteiger partial charge in [-0.05, 0) is 44.6 Å². The molecule has 126 valence electrons. The van der Waals surface area contributed by atoms with Crippen molar-refractivity contribution in [1.82, 2.24) is 4.90 Å². The molecule has 2 nitrogen and oxygen atoms in total. The summed E-state index contributed by atoms with van der Waals surface area (Å²) in [5.41, 5.74) is 1.00. The Morgan fingerprint density at radius 1 is 1.27 bits per heavy atom. The van der Waals surface area contributed by atoms with Gasteiger partial charge in [-0.3, -0.25) is 0 Å². The minimum atomic E-state index is -0.323. The maximum atomic E-state index is 10.7. The van der Waals surface area contributed by atoms with Gasteiger partial charge in [-0.25, -0.2) is 0 Å². The number of aliphatic hydroxyl groups excluding tert-OH is 1. The van der Waals surface area contributed by atoms with Gasteiger partial charge < -0.3 is 10.0 Å². The number of thioether (sulfide) groups is 1. The summed E-state index contributed by atoms with van der Waals surface area (Å²) in [5.74, 6) is 1.82. The van der Waals surface area contributed by atoms with Crippen molar-refractivity contribution in [1.29, 1.82) is 0 Å². The van der Waals surface area contributed by atoms with Gasteiger partial charge in [0, 0.05) is 23.5 Å². The highest BCUT2D eigenvalue weighted by molar-refractivity contribution is 7.99. The van der Waals surface area contributed by atoms with E-state index in [4.69, 9.17) is 23.2 Å². The molecule has 6 heteroatoms. The molecule has 1 saturated carbocycles. The quantitative estimate of drug-likeness (QED) is 0.700. The highest BCUT2D eigenvalue weighted by atomic mass is 35.5. The summed E-state index contributed by atoms with van der Waals surface area (Å²) >= 11 is 14.0. The summed E-state index contributed by atoms with van der Waals surface area (Å²) in [6, 6.07) is 5.78. The van der Waals surface area contributed by atoms with Crippen molar-refractivity contribution in [2.24, 2.45) is 0 Å². The summed E-state index contributed by atoms with van der Waals surface area (Å²) in [6.07, 6.45) is 2.90. The first-order valence-electron chi connectivity index (χ1n) is 7.32. The van der Waals surface area contributed by atoms with Crippen molar-refractivity contribution in [3.8, 4) is 0 Å². The molecule has 1 aliphatic carbocycles. The number of aliphatic hydroxyl groups is 1. The third-order valence-electron chi connectivity index (χ3n) is 4.34. The normalized spacial score (nSPS) is 17.7. The fourth-order valence-corrected chi connectivity index (χ4v) is 4.28. The van der Waals surface area contributed by atoms with E-state index in [-0.39, 0.29) is 23.9 Å². The average Bonchev–Trinajstić information content (AvgIpc) is 2.37. The van der Waals surface area contributed by atoms with Crippen LogP contribution in [-0.4, -0.2) is 48.3 Å². The number of hydrogen-bond acceptors (Lipinski definition) is 3. The van der Waals surface area contributed by atoms with Crippen molar-refractivity contribution in [3.63, 3.8) is 0 Å². The first-order chi connectivity index (χ1) is 9.95. The Morgan fingerprint density at radius 3 is 2.45 bits per heavy atom. The lowest BCUT2D eigenvalue weighted by Gasteiger charge is -2.46. The van der Waals surface area contributed by atoms with Crippen molar-refractivity contribution >= 4 is 47.4 Å². The Kier molecular flexibility index (Phi) is 8.35. The molecule has 1 aromatic rings. The monoisotopic (exact) mass is 383 g/mol. The van der Waals surface area contributed by atoms with Crippen LogP contribution in [0.15, 0.2) is 18.2 Å². The van der Waals surface area contributed by atoms with E-state index in [1.54, 1.807) is 0 Å². The number of rotatable bonds is 7. The second kappa shape index (κ2) is 9.00. The van der Waals surface area contributed by atoms with Crippen LogP contribution < -0.4 is 0 Å². The van der Waals surface area contributed by atoms with E-state index >= 15 is 0 Å². The van der Waals surface area contributed by atoms with Gasteiger partial charge in [0.05, 0.1) is 16.1 Å². The molecule has 0 aromatic heterocycles. The molecule has 2 rings (SSSR count). The lowest BCUT2D eigenvalue weighted by molar-refractivity contribution is 0.0455. The molecule has 0 aliphatic heterocycles. The van der Waals surface area contributed by atoms with Crippen LogP contribution in [0.25, 0.3) is 0 Å². The first-order valence-corrected chi connectivity index (χ1v) is 9.23. The largest absolute Gasteiger partial charge is 0.391 e. The summed E-state index contributed by atoms with van der Waals surface area (Å²) in [4.78, 5) is 2.16. The Labute approximate surface area is 154 Å². The van der Waals surface area contributed by atoms with E-state index in [0.717, 1.165) is 36.5 Å². The van der Waals surface area contributed by atoms with Crippen LogP contribution in [0.1, 0.15) is 24.8 Å². The Morgan fingerprint density at radius 2 is 1.95 bits per heavy atom. The zero-order valence-corrected chi connectivity index (χ0v) is 16.2. The maximum Gasteiger partial charge on any atom is 0.0727 e. The predicted octanol–water partition coefficient (Wildman–Crippen LogP) is 4.49. The van der Waals surface area contributed by atoms with Crippen LogP contribution in [0.2, 0.25) is 10.0 Å². The van der Waals surface area contributed by atoms with Gasteiger partial charge in [0.25, 0.3) is 0 Å². The summed E-state index contributed by atoms with van der Waals surface area (Å²) in [5, 5.41) is 11.8. The predicted molar refractivity (Wildman–Crippen MR) is 101 cm³/mol. The fraction of sp³-hybridized carbons (Fsp3) is 0.625. The van der Waals surface area contributed by atoms with Gasteiger partial charge in [-0.1, -0.05) is 35.7 Å². The standard InChI is InChI=1S/C16H23Cl2NOS.ClH/c1-19(2)8-9-21-11-15(20)16(6-3-7-16)12-4-5-13(17)14(18)10-12;/h4-5,10,15,20H,3,6-9,11H2,1-2H3;1H. The molecule has 0 bridgehead atoms. The number of halogens is 3. The molecule has 22 heavy (non-hydrogen) atoms. The maximum absolute atomic E-state index is 10.7. The molecule has 0 heterocycles. The highest BCUT2D eigenvalue weighted by Gasteiger charge is 2.44. The Hall–Kier alpha value is 0.360. The molecule has 0 amide bonds. The molecular formula is C16H24Cl3NOS. The van der Waals surface area contributed by atoms with Crippen LogP contribution in [0.4, 0.5) is 0 Å². The number of nitrogens with zero attached hydrogens (tertiary/aromatic N) is 1. The lowest BCUT2D eigenvalue weighted by atomic mass is 9.61. The van der Waals surface area contributed by atoms with Crippen molar-refractivity contribution in [3.05, 3.63) is 33.8 Å². The zero-order chi connectivity index (χ0) is 15.5. The van der Waals surface area contributed by atoms with E-state index in [1.165, 1.54) is 6.42 Å². The number of hydrogen-bond donors (Lipinski definition) is 1. The molecule has 1 atom stereocenters. The third-order valence-corrected chi connectivity index (χ3v) is 6.10. The van der Waals surface area contributed by atoms with Gasteiger partial charge in [-0.2, -0.15) is 11.8 Å². The van der Waals surface area contributed by atoms with Crippen LogP contribution in [0, 0.1) is 0 Å². The first kappa shape index (κ1) is 20.4. The number of benzene rings is 1. The van der Waals surface area contributed by atoms with Crippen LogP contribution in [-0.2, 0) is 5.41 Å². The molecule has 0 saturated heterocycles. The molecule has 1 fully saturated rings. The topological polar surface area (TPSA) is 23.5 Å². The zero-order valence-electron chi connectivity index (χ0n) is 13.0. The van der Waals surface area contributed by atoms with Crippen LogP contribution in [0.5, 0.6) is 0 Å². The molecule has 1 aliphatic rings. The Balaban J connectivity index is 0.00000242. The average molecular weight is 385 g/mol. The molecule has 0 spiro atoms. The van der Waals surface area contributed by atoms with Gasteiger partial charge in [0.2, 0.25) is 0 Å². The van der Waals surface area contributed by atoms with E-state index in [9.17, 15) is 5.11 Å². The molecule has 1 aromatic carbocycles. The van der Waals surface area contributed by atoms with Crippen LogP contribution in [0.3, 0.4) is 0 Å². The second-order valence-corrected chi connectivity index (χ2v) is 8.00. The SMILES string of the molecule is CN(C)CCSCC(O)C1(c2ccc(Cl)c(Cl)c2)CCC1.Cl. The highest BCUT2D eigenvalue weighted by Crippen LogP contribution is 2.48. The fourth-order valence-electron chi connectivity index (χ4n) is 2.78. The smallest absolute Gasteiger partial charge is 0.0727 e. The molecular weight excluding hydrogens is 361 g/mol. The second-order valence-electron chi connectivity index (χ2n) is 6.03.